The molecule has 2 saturated heterocycles. The Morgan fingerprint density at radius 3 is 2.82 bits per heavy atom. The van der Waals surface area contributed by atoms with Gasteiger partial charge in [-0.3, -0.25) is 4.90 Å². The van der Waals surface area contributed by atoms with Crippen LogP contribution < -0.4 is 5.32 Å². The molecular weight excluding hydrogens is 319 g/mol. The topological polar surface area (TPSA) is 15.3 Å². The second-order valence-electron chi connectivity index (χ2n) is 6.44. The van der Waals surface area contributed by atoms with E-state index in [9.17, 15) is 4.39 Å². The van der Waals surface area contributed by atoms with Gasteiger partial charge in [0.1, 0.15) is 5.82 Å². The highest BCUT2D eigenvalue weighted by Crippen LogP contribution is 2.37. The lowest BCUT2D eigenvalue weighted by molar-refractivity contribution is 0.265. The molecule has 0 radical (unpaired) electrons. The molecule has 0 aromatic heterocycles. The monoisotopic (exact) mass is 342 g/mol. The minimum absolute atomic E-state index is 0.207. The molecule has 2 aliphatic rings. The van der Waals surface area contributed by atoms with Crippen LogP contribution >= 0.6 is 23.4 Å². The summed E-state index contributed by atoms with van der Waals surface area (Å²) in [6.07, 6.45) is 3.71. The fourth-order valence-corrected chi connectivity index (χ4v) is 4.91. The van der Waals surface area contributed by atoms with Crippen molar-refractivity contribution in [3.05, 3.63) is 34.6 Å². The van der Waals surface area contributed by atoms with E-state index in [1.807, 2.05) is 6.07 Å². The van der Waals surface area contributed by atoms with E-state index in [1.54, 1.807) is 12.1 Å². The Hall–Kier alpha value is -0.290. The van der Waals surface area contributed by atoms with Crippen molar-refractivity contribution < 1.29 is 4.39 Å². The lowest BCUT2D eigenvalue weighted by atomic mass is 9.93. The molecule has 5 heteroatoms. The highest BCUT2D eigenvalue weighted by atomic mass is 35.5. The first-order chi connectivity index (χ1) is 10.6. The summed E-state index contributed by atoms with van der Waals surface area (Å²) in [6.45, 7) is 2.09. The summed E-state index contributed by atoms with van der Waals surface area (Å²) < 4.78 is 13.8. The molecule has 0 bridgehead atoms. The van der Waals surface area contributed by atoms with Crippen molar-refractivity contribution in [3.63, 3.8) is 0 Å². The lowest BCUT2D eigenvalue weighted by Crippen LogP contribution is -2.37. The SMILES string of the molecule is CN1CC[C@H](CNC2CCSCC2)[C@@H]1c1ccc(Cl)c(F)c1. The number of rotatable bonds is 4. The number of hydrogen-bond donors (Lipinski definition) is 1. The van der Waals surface area contributed by atoms with Crippen LogP contribution in [0.2, 0.25) is 5.02 Å². The maximum Gasteiger partial charge on any atom is 0.142 e. The molecule has 0 aliphatic carbocycles. The first-order valence-electron chi connectivity index (χ1n) is 8.11. The van der Waals surface area contributed by atoms with E-state index >= 15 is 0 Å². The van der Waals surface area contributed by atoms with Crippen LogP contribution in [0.25, 0.3) is 0 Å². The Kier molecular flexibility index (Phi) is 5.66. The Balaban J connectivity index is 1.66. The lowest BCUT2D eigenvalue weighted by Gasteiger charge is -2.29. The summed E-state index contributed by atoms with van der Waals surface area (Å²) in [5.74, 6) is 2.78. The fourth-order valence-electron chi connectivity index (χ4n) is 3.68. The first kappa shape index (κ1) is 16.6. The van der Waals surface area contributed by atoms with Crippen LogP contribution in [0.15, 0.2) is 18.2 Å². The van der Waals surface area contributed by atoms with Gasteiger partial charge in [-0.25, -0.2) is 4.39 Å². The van der Waals surface area contributed by atoms with E-state index in [0.717, 1.165) is 18.7 Å². The van der Waals surface area contributed by atoms with Gasteiger partial charge in [-0.15, -0.1) is 0 Å². The van der Waals surface area contributed by atoms with E-state index < -0.39 is 0 Å². The highest BCUT2D eigenvalue weighted by Gasteiger charge is 2.33. The van der Waals surface area contributed by atoms with E-state index in [0.29, 0.717) is 12.0 Å². The molecule has 1 aromatic carbocycles. The molecule has 22 heavy (non-hydrogen) atoms. The molecule has 2 fully saturated rings. The average molecular weight is 343 g/mol. The zero-order valence-electron chi connectivity index (χ0n) is 13.0. The summed E-state index contributed by atoms with van der Waals surface area (Å²) in [5.41, 5.74) is 1.05. The number of likely N-dealkylation sites (tertiary alicyclic amines) is 1. The Labute approximate surface area is 141 Å². The van der Waals surface area contributed by atoms with E-state index in [1.165, 1.54) is 30.8 Å². The highest BCUT2D eigenvalue weighted by molar-refractivity contribution is 7.99. The van der Waals surface area contributed by atoms with Gasteiger partial charge in [0.2, 0.25) is 0 Å². The van der Waals surface area contributed by atoms with Crippen molar-refractivity contribution in [2.24, 2.45) is 5.92 Å². The number of nitrogens with zero attached hydrogens (tertiary/aromatic N) is 1. The zero-order chi connectivity index (χ0) is 15.5. The maximum absolute atomic E-state index is 13.8. The third-order valence-corrected chi connectivity index (χ3v) is 6.30. The predicted octanol–water partition coefficient (Wildman–Crippen LogP) is 3.96. The summed E-state index contributed by atoms with van der Waals surface area (Å²) >= 11 is 7.88. The molecule has 1 N–H and O–H groups in total. The third kappa shape index (κ3) is 3.78. The fraction of sp³-hybridized carbons (Fsp3) is 0.647. The van der Waals surface area contributed by atoms with Crippen LogP contribution in [0.1, 0.15) is 30.9 Å². The number of hydrogen-bond acceptors (Lipinski definition) is 3. The van der Waals surface area contributed by atoms with Crippen LogP contribution in [0.3, 0.4) is 0 Å². The minimum atomic E-state index is -0.310. The van der Waals surface area contributed by atoms with Crippen LogP contribution in [0.5, 0.6) is 0 Å². The van der Waals surface area contributed by atoms with Gasteiger partial charge >= 0.3 is 0 Å². The largest absolute Gasteiger partial charge is 0.314 e. The molecular formula is C17H24ClFN2S. The van der Waals surface area contributed by atoms with Crippen molar-refractivity contribution in [2.45, 2.75) is 31.3 Å². The van der Waals surface area contributed by atoms with E-state index in [4.69, 9.17) is 11.6 Å². The third-order valence-electron chi connectivity index (χ3n) is 4.95. The van der Waals surface area contributed by atoms with Crippen molar-refractivity contribution in [2.75, 3.05) is 31.6 Å². The molecule has 122 valence electrons. The Bertz CT molecular complexity index is 507. The maximum atomic E-state index is 13.8. The van der Waals surface area contributed by atoms with Crippen LogP contribution in [0.4, 0.5) is 4.39 Å². The zero-order valence-corrected chi connectivity index (χ0v) is 14.6. The van der Waals surface area contributed by atoms with Crippen molar-refractivity contribution >= 4 is 23.4 Å². The van der Waals surface area contributed by atoms with Crippen LogP contribution in [-0.2, 0) is 0 Å². The van der Waals surface area contributed by atoms with Gasteiger partial charge in [0.25, 0.3) is 0 Å². The molecule has 0 amide bonds. The van der Waals surface area contributed by atoms with Crippen molar-refractivity contribution in [1.82, 2.24) is 10.2 Å². The number of nitrogens with one attached hydrogen (secondary N) is 1. The first-order valence-corrected chi connectivity index (χ1v) is 9.64. The standard InChI is InChI=1S/C17H24ClFN2S/c1-21-7-4-13(11-20-14-5-8-22-9-6-14)17(21)12-2-3-15(18)16(19)10-12/h2-3,10,13-14,17,20H,4-9,11H2,1H3/t13-,17+/m1/s1. The Morgan fingerprint density at radius 2 is 2.09 bits per heavy atom. The van der Waals surface area contributed by atoms with Crippen molar-refractivity contribution in [1.29, 1.82) is 0 Å². The molecule has 2 nitrogen and oxygen atoms in total. The minimum Gasteiger partial charge on any atom is -0.314 e. The number of halogens is 2. The molecule has 2 heterocycles. The van der Waals surface area contributed by atoms with E-state index in [2.05, 4.69) is 29.0 Å². The molecule has 2 atom stereocenters. The van der Waals surface area contributed by atoms with Gasteiger partial charge in [-0.05, 0) is 68.0 Å². The van der Waals surface area contributed by atoms with Gasteiger partial charge < -0.3 is 5.32 Å². The average Bonchev–Trinajstić information content (AvgIpc) is 2.90. The molecule has 0 spiro atoms. The van der Waals surface area contributed by atoms with Gasteiger partial charge in [0.15, 0.2) is 0 Å². The van der Waals surface area contributed by atoms with E-state index in [-0.39, 0.29) is 16.9 Å². The summed E-state index contributed by atoms with van der Waals surface area (Å²) in [5, 5.41) is 3.96. The quantitative estimate of drug-likeness (QED) is 0.891. The smallest absolute Gasteiger partial charge is 0.142 e. The molecule has 3 rings (SSSR count). The van der Waals surface area contributed by atoms with Gasteiger partial charge in [0, 0.05) is 18.6 Å². The van der Waals surface area contributed by atoms with Crippen LogP contribution in [0, 0.1) is 11.7 Å². The second kappa shape index (κ2) is 7.52. The Morgan fingerprint density at radius 1 is 1.32 bits per heavy atom. The number of thioether (sulfide) groups is 1. The molecule has 0 unspecified atom stereocenters. The van der Waals surface area contributed by atoms with Gasteiger partial charge in [0.05, 0.1) is 5.02 Å². The normalized spacial score (nSPS) is 27.4. The summed E-state index contributed by atoms with van der Waals surface area (Å²) in [4.78, 5) is 2.34. The second-order valence-corrected chi connectivity index (χ2v) is 8.07. The summed E-state index contributed by atoms with van der Waals surface area (Å²) in [7, 11) is 2.13. The summed E-state index contributed by atoms with van der Waals surface area (Å²) in [6, 6.07) is 6.22. The van der Waals surface area contributed by atoms with Crippen molar-refractivity contribution in [3.8, 4) is 0 Å². The molecule has 1 aromatic rings. The van der Waals surface area contributed by atoms with Gasteiger partial charge in [-0.2, -0.15) is 11.8 Å². The molecule has 2 aliphatic heterocycles. The van der Waals surface area contributed by atoms with Gasteiger partial charge in [-0.1, -0.05) is 17.7 Å². The molecule has 0 saturated carbocycles. The number of benzene rings is 1. The van der Waals surface area contributed by atoms with Crippen LogP contribution in [-0.4, -0.2) is 42.6 Å². The predicted molar refractivity (Wildman–Crippen MR) is 93.2 cm³/mol.